The molecule has 1 atom stereocenters. The first kappa shape index (κ1) is 16.7. The average molecular weight is 292 g/mol. The second-order valence-corrected chi connectivity index (χ2v) is 4.80. The van der Waals surface area contributed by atoms with Gasteiger partial charge in [-0.15, -0.1) is 0 Å². The Hall–Kier alpha value is -2.37. The summed E-state index contributed by atoms with van der Waals surface area (Å²) < 4.78 is 0. The number of amides is 2. The third kappa shape index (κ3) is 6.07. The molecule has 0 spiro atoms. The lowest BCUT2D eigenvalue weighted by molar-refractivity contribution is -0.143. The van der Waals surface area contributed by atoms with E-state index >= 15 is 0 Å². The van der Waals surface area contributed by atoms with E-state index in [0.717, 1.165) is 12.0 Å². The molecule has 1 aromatic carbocycles. The number of nitrogens with one attached hydrogen (secondary N) is 1. The first-order valence-corrected chi connectivity index (χ1v) is 6.80. The second-order valence-electron chi connectivity index (χ2n) is 4.80. The fourth-order valence-electron chi connectivity index (χ4n) is 1.87. The number of carboxylic acids is 1. The number of carbonyl (C=O) groups is 3. The van der Waals surface area contributed by atoms with Gasteiger partial charge in [0.25, 0.3) is 0 Å². The molecule has 21 heavy (non-hydrogen) atoms. The van der Waals surface area contributed by atoms with E-state index in [1.807, 2.05) is 24.3 Å². The summed E-state index contributed by atoms with van der Waals surface area (Å²) in [6.07, 6.45) is 1.22. The monoisotopic (exact) mass is 292 g/mol. The van der Waals surface area contributed by atoms with E-state index < -0.39 is 30.2 Å². The summed E-state index contributed by atoms with van der Waals surface area (Å²) in [4.78, 5) is 33.3. The van der Waals surface area contributed by atoms with Gasteiger partial charge in [-0.3, -0.25) is 9.59 Å². The summed E-state index contributed by atoms with van der Waals surface area (Å²) in [6, 6.07) is 6.63. The zero-order valence-electron chi connectivity index (χ0n) is 12.0. The molecule has 0 saturated heterocycles. The van der Waals surface area contributed by atoms with Crippen LogP contribution >= 0.6 is 0 Å². The quantitative estimate of drug-likeness (QED) is 0.652. The molecule has 0 aliphatic heterocycles. The van der Waals surface area contributed by atoms with Gasteiger partial charge in [0, 0.05) is 6.42 Å². The van der Waals surface area contributed by atoms with Crippen molar-refractivity contribution in [1.29, 1.82) is 0 Å². The summed E-state index contributed by atoms with van der Waals surface area (Å²) in [5.74, 6) is -2.45. The predicted molar refractivity (Wildman–Crippen MR) is 77.5 cm³/mol. The maximum Gasteiger partial charge on any atom is 0.326 e. The minimum absolute atomic E-state index is 0.161. The minimum atomic E-state index is -1.27. The molecule has 1 aromatic rings. The largest absolute Gasteiger partial charge is 0.480 e. The van der Waals surface area contributed by atoms with Gasteiger partial charge in [0.15, 0.2) is 0 Å². The van der Waals surface area contributed by atoms with Gasteiger partial charge in [0.05, 0.1) is 6.42 Å². The number of rotatable bonds is 8. The summed E-state index contributed by atoms with van der Waals surface area (Å²) in [6.45, 7) is 2.06. The van der Waals surface area contributed by atoms with Crippen molar-refractivity contribution in [2.75, 3.05) is 0 Å². The number of nitrogens with two attached hydrogens (primary N) is 1. The number of aryl methyl sites for hydroxylation is 2. The molecule has 6 nitrogen and oxygen atoms in total. The highest BCUT2D eigenvalue weighted by molar-refractivity contribution is 5.88. The van der Waals surface area contributed by atoms with Crippen LogP contribution in [0.15, 0.2) is 24.3 Å². The highest BCUT2D eigenvalue weighted by Crippen LogP contribution is 2.07. The van der Waals surface area contributed by atoms with E-state index in [2.05, 4.69) is 12.2 Å². The molecule has 4 N–H and O–H groups in total. The Kier molecular flexibility index (Phi) is 6.39. The third-order valence-corrected chi connectivity index (χ3v) is 3.11. The number of hydrogen-bond acceptors (Lipinski definition) is 3. The Labute approximate surface area is 123 Å². The lowest BCUT2D eigenvalue weighted by Crippen LogP contribution is -2.43. The van der Waals surface area contributed by atoms with E-state index in [-0.39, 0.29) is 6.42 Å². The van der Waals surface area contributed by atoms with Gasteiger partial charge >= 0.3 is 5.97 Å². The molecule has 0 radical (unpaired) electrons. The van der Waals surface area contributed by atoms with E-state index in [1.165, 1.54) is 5.56 Å². The second kappa shape index (κ2) is 8.04. The van der Waals surface area contributed by atoms with Crippen molar-refractivity contribution < 1.29 is 19.5 Å². The molecule has 0 saturated carbocycles. The molecule has 0 aliphatic carbocycles. The van der Waals surface area contributed by atoms with Crippen LogP contribution in [0.2, 0.25) is 0 Å². The molecule has 6 heteroatoms. The van der Waals surface area contributed by atoms with Crippen LogP contribution in [-0.2, 0) is 27.2 Å². The third-order valence-electron chi connectivity index (χ3n) is 3.11. The molecule has 2 amide bonds. The summed E-state index contributed by atoms with van der Waals surface area (Å²) in [5.41, 5.74) is 7.17. The fourth-order valence-corrected chi connectivity index (χ4v) is 1.87. The van der Waals surface area contributed by atoms with Crippen LogP contribution in [0.4, 0.5) is 0 Å². The maximum absolute atomic E-state index is 11.7. The molecule has 0 fully saturated rings. The Morgan fingerprint density at radius 3 is 2.24 bits per heavy atom. The molecular formula is C15H20N2O4. The van der Waals surface area contributed by atoms with E-state index in [1.54, 1.807) is 0 Å². The van der Waals surface area contributed by atoms with Gasteiger partial charge in [-0.25, -0.2) is 4.79 Å². The zero-order valence-corrected chi connectivity index (χ0v) is 12.0. The molecule has 1 rings (SSSR count). The van der Waals surface area contributed by atoms with Crippen molar-refractivity contribution in [3.63, 3.8) is 0 Å². The molecule has 0 aromatic heterocycles. The van der Waals surface area contributed by atoms with Gasteiger partial charge in [0.2, 0.25) is 11.8 Å². The summed E-state index contributed by atoms with van der Waals surface area (Å²) >= 11 is 0. The van der Waals surface area contributed by atoms with Crippen LogP contribution < -0.4 is 11.1 Å². The predicted octanol–water partition coefficient (Wildman–Crippen LogP) is 0.626. The van der Waals surface area contributed by atoms with Crippen LogP contribution in [0.1, 0.15) is 30.9 Å². The number of benzene rings is 1. The standard InChI is InChI=1S/C15H20N2O4/c1-2-10-3-5-11(6-4-10)7-8-14(19)17-12(15(20)21)9-13(16)18/h3-6,12H,2,7-9H2,1H3,(H2,16,18)(H,17,19)(H,20,21)/t12-/m1/s1. The van der Waals surface area contributed by atoms with Gasteiger partial charge in [-0.1, -0.05) is 31.2 Å². The van der Waals surface area contributed by atoms with Crippen LogP contribution in [-0.4, -0.2) is 28.9 Å². The Balaban J connectivity index is 2.48. The molecule has 0 unspecified atom stereocenters. The maximum atomic E-state index is 11.7. The molecule has 114 valence electrons. The van der Waals surface area contributed by atoms with Crippen LogP contribution in [0.3, 0.4) is 0 Å². The number of hydrogen-bond donors (Lipinski definition) is 3. The van der Waals surface area contributed by atoms with Gasteiger partial charge in [-0.05, 0) is 24.0 Å². The normalized spacial score (nSPS) is 11.7. The first-order chi connectivity index (χ1) is 9.92. The van der Waals surface area contributed by atoms with Crippen LogP contribution in [0.25, 0.3) is 0 Å². The van der Waals surface area contributed by atoms with Gasteiger partial charge in [0.1, 0.15) is 6.04 Å². The van der Waals surface area contributed by atoms with Gasteiger partial charge < -0.3 is 16.2 Å². The number of carbonyl (C=O) groups excluding carboxylic acids is 2. The average Bonchev–Trinajstić information content (AvgIpc) is 2.44. The van der Waals surface area contributed by atoms with Crippen LogP contribution in [0.5, 0.6) is 0 Å². The van der Waals surface area contributed by atoms with Crippen molar-refractivity contribution in [2.45, 2.75) is 38.6 Å². The molecule has 0 heterocycles. The summed E-state index contributed by atoms with van der Waals surface area (Å²) in [7, 11) is 0. The van der Waals surface area contributed by atoms with Crippen molar-refractivity contribution >= 4 is 17.8 Å². The van der Waals surface area contributed by atoms with Crippen molar-refractivity contribution in [2.24, 2.45) is 5.73 Å². The fraction of sp³-hybridized carbons (Fsp3) is 0.400. The smallest absolute Gasteiger partial charge is 0.326 e. The molecular weight excluding hydrogens is 272 g/mol. The van der Waals surface area contributed by atoms with E-state index in [9.17, 15) is 14.4 Å². The van der Waals surface area contributed by atoms with Crippen molar-refractivity contribution in [1.82, 2.24) is 5.32 Å². The number of aliphatic carboxylic acids is 1. The number of primary amides is 1. The molecule has 0 bridgehead atoms. The first-order valence-electron chi connectivity index (χ1n) is 6.80. The Morgan fingerprint density at radius 1 is 1.19 bits per heavy atom. The van der Waals surface area contributed by atoms with Crippen LogP contribution in [0, 0.1) is 0 Å². The zero-order chi connectivity index (χ0) is 15.8. The lowest BCUT2D eigenvalue weighted by Gasteiger charge is -2.12. The van der Waals surface area contributed by atoms with E-state index in [0.29, 0.717) is 6.42 Å². The van der Waals surface area contributed by atoms with Crippen molar-refractivity contribution in [3.05, 3.63) is 35.4 Å². The lowest BCUT2D eigenvalue weighted by atomic mass is 10.1. The highest BCUT2D eigenvalue weighted by atomic mass is 16.4. The Bertz CT molecular complexity index is 511. The van der Waals surface area contributed by atoms with Gasteiger partial charge in [-0.2, -0.15) is 0 Å². The van der Waals surface area contributed by atoms with E-state index in [4.69, 9.17) is 10.8 Å². The molecule has 0 aliphatic rings. The topological polar surface area (TPSA) is 109 Å². The van der Waals surface area contributed by atoms with Crippen molar-refractivity contribution in [3.8, 4) is 0 Å². The minimum Gasteiger partial charge on any atom is -0.480 e. The summed E-state index contributed by atoms with van der Waals surface area (Å²) in [5, 5.41) is 11.2. The SMILES string of the molecule is CCc1ccc(CCC(=O)N[C@H](CC(N)=O)C(=O)O)cc1. The Morgan fingerprint density at radius 2 is 1.76 bits per heavy atom. The highest BCUT2D eigenvalue weighted by Gasteiger charge is 2.21. The number of carboxylic acid groups (broad SMARTS) is 1.